The number of methoxy groups -OCH3 is 1. The average molecular weight is 320 g/mol. The van der Waals surface area contributed by atoms with E-state index in [4.69, 9.17) is 4.74 Å². The Morgan fingerprint density at radius 2 is 2.04 bits per heavy atom. The summed E-state index contributed by atoms with van der Waals surface area (Å²) in [7, 11) is 1.59. The average Bonchev–Trinajstić information content (AvgIpc) is 3.03. The molecule has 2 amide bonds. The van der Waals surface area contributed by atoms with Crippen LogP contribution in [-0.4, -0.2) is 48.1 Å². The molecular formula is C17H24N2O4. The van der Waals surface area contributed by atoms with Crippen LogP contribution < -0.4 is 10.1 Å². The van der Waals surface area contributed by atoms with Crippen LogP contribution in [-0.2, 0) is 15.2 Å². The standard InChI is InChI=1S/C17H24N2O4/c1-12(20)18-11-16(21)19-10-4-5-15(19)17(2,22)13-6-8-14(23-3)9-7-13/h6-9,15,22H,4-5,10-11H2,1-3H3,(H,18,20)/t15-,17+/m0/s1. The molecule has 1 fully saturated rings. The number of rotatable bonds is 5. The summed E-state index contributed by atoms with van der Waals surface area (Å²) in [5.74, 6) is 0.307. The molecule has 0 unspecified atom stereocenters. The summed E-state index contributed by atoms with van der Waals surface area (Å²) in [4.78, 5) is 25.0. The highest BCUT2D eigenvalue weighted by atomic mass is 16.5. The van der Waals surface area contributed by atoms with Crippen LogP contribution in [0, 0.1) is 0 Å². The van der Waals surface area contributed by atoms with Crippen LogP contribution in [0.25, 0.3) is 0 Å². The maximum atomic E-state index is 12.3. The zero-order valence-corrected chi connectivity index (χ0v) is 13.8. The van der Waals surface area contributed by atoms with Crippen molar-refractivity contribution in [2.75, 3.05) is 20.2 Å². The summed E-state index contributed by atoms with van der Waals surface area (Å²) >= 11 is 0. The number of amides is 2. The van der Waals surface area contributed by atoms with Crippen molar-refractivity contribution < 1.29 is 19.4 Å². The number of hydrogen-bond donors (Lipinski definition) is 2. The quantitative estimate of drug-likeness (QED) is 0.849. The summed E-state index contributed by atoms with van der Waals surface area (Å²) in [6.07, 6.45) is 1.56. The number of aliphatic hydroxyl groups is 1. The maximum absolute atomic E-state index is 12.3. The van der Waals surface area contributed by atoms with Gasteiger partial charge in [0.25, 0.3) is 0 Å². The van der Waals surface area contributed by atoms with E-state index in [1.807, 2.05) is 12.1 Å². The molecule has 6 nitrogen and oxygen atoms in total. The predicted octanol–water partition coefficient (Wildman–Crippen LogP) is 1.03. The van der Waals surface area contributed by atoms with Crippen molar-refractivity contribution in [2.24, 2.45) is 0 Å². The van der Waals surface area contributed by atoms with Crippen molar-refractivity contribution in [3.63, 3.8) is 0 Å². The number of benzene rings is 1. The molecule has 2 rings (SSSR count). The minimum absolute atomic E-state index is 0.0372. The summed E-state index contributed by atoms with van der Waals surface area (Å²) in [5.41, 5.74) is -0.420. The lowest BCUT2D eigenvalue weighted by molar-refractivity contribution is -0.138. The van der Waals surface area contributed by atoms with Crippen LogP contribution in [0.1, 0.15) is 32.3 Å². The van der Waals surface area contributed by atoms with Gasteiger partial charge >= 0.3 is 0 Å². The molecule has 1 aromatic carbocycles. The molecule has 23 heavy (non-hydrogen) atoms. The first-order chi connectivity index (χ1) is 10.9. The lowest BCUT2D eigenvalue weighted by Crippen LogP contribution is -2.50. The molecule has 1 aliphatic rings. The van der Waals surface area contributed by atoms with Crippen molar-refractivity contribution >= 4 is 11.8 Å². The molecule has 0 aliphatic carbocycles. The number of carbonyl (C=O) groups excluding carboxylic acids is 2. The summed E-state index contributed by atoms with van der Waals surface area (Å²) in [6.45, 7) is 3.66. The molecule has 2 atom stereocenters. The highest BCUT2D eigenvalue weighted by Gasteiger charge is 2.42. The largest absolute Gasteiger partial charge is 0.497 e. The lowest BCUT2D eigenvalue weighted by Gasteiger charge is -2.37. The number of nitrogens with one attached hydrogen (secondary N) is 1. The topological polar surface area (TPSA) is 78.9 Å². The fourth-order valence-electron chi connectivity index (χ4n) is 3.07. The highest BCUT2D eigenvalue weighted by molar-refractivity contribution is 5.84. The molecule has 1 aromatic rings. The van der Waals surface area contributed by atoms with E-state index in [0.29, 0.717) is 6.54 Å². The first-order valence-corrected chi connectivity index (χ1v) is 7.77. The van der Waals surface area contributed by atoms with E-state index in [1.54, 1.807) is 31.1 Å². The van der Waals surface area contributed by atoms with E-state index >= 15 is 0 Å². The maximum Gasteiger partial charge on any atom is 0.242 e. The number of ether oxygens (including phenoxy) is 1. The van der Waals surface area contributed by atoms with E-state index in [2.05, 4.69) is 5.32 Å². The van der Waals surface area contributed by atoms with Crippen molar-refractivity contribution in [2.45, 2.75) is 38.3 Å². The zero-order chi connectivity index (χ0) is 17.0. The monoisotopic (exact) mass is 320 g/mol. The second kappa shape index (κ2) is 7.00. The lowest BCUT2D eigenvalue weighted by atomic mass is 9.86. The van der Waals surface area contributed by atoms with Gasteiger partial charge in [-0.1, -0.05) is 12.1 Å². The Morgan fingerprint density at radius 3 is 2.61 bits per heavy atom. The number of hydrogen-bond acceptors (Lipinski definition) is 4. The fraction of sp³-hybridized carbons (Fsp3) is 0.529. The van der Waals surface area contributed by atoms with Gasteiger partial charge in [0.05, 0.1) is 19.7 Å². The van der Waals surface area contributed by atoms with E-state index in [1.165, 1.54) is 6.92 Å². The molecule has 0 bridgehead atoms. The highest BCUT2D eigenvalue weighted by Crippen LogP contribution is 2.35. The molecule has 0 spiro atoms. The third-order valence-corrected chi connectivity index (χ3v) is 4.39. The minimum Gasteiger partial charge on any atom is -0.497 e. The first-order valence-electron chi connectivity index (χ1n) is 7.77. The third-order valence-electron chi connectivity index (χ3n) is 4.39. The van der Waals surface area contributed by atoms with Crippen LogP contribution in [0.5, 0.6) is 5.75 Å². The summed E-state index contributed by atoms with van der Waals surface area (Å²) < 4.78 is 5.13. The van der Waals surface area contributed by atoms with Gasteiger partial charge in [-0.15, -0.1) is 0 Å². The molecule has 0 radical (unpaired) electrons. The Kier molecular flexibility index (Phi) is 5.26. The molecular weight excluding hydrogens is 296 g/mol. The fourth-order valence-corrected chi connectivity index (χ4v) is 3.07. The number of carbonyl (C=O) groups is 2. The second-order valence-electron chi connectivity index (χ2n) is 6.03. The molecule has 0 saturated carbocycles. The van der Waals surface area contributed by atoms with Gasteiger partial charge in [-0.25, -0.2) is 0 Å². The molecule has 1 aliphatic heterocycles. The molecule has 0 aromatic heterocycles. The first kappa shape index (κ1) is 17.3. The predicted molar refractivity (Wildman–Crippen MR) is 86.0 cm³/mol. The van der Waals surface area contributed by atoms with Gasteiger partial charge in [-0.05, 0) is 37.5 Å². The van der Waals surface area contributed by atoms with Gasteiger partial charge in [-0.3, -0.25) is 9.59 Å². The second-order valence-corrected chi connectivity index (χ2v) is 6.03. The van der Waals surface area contributed by atoms with Crippen LogP contribution in [0.15, 0.2) is 24.3 Å². The molecule has 6 heteroatoms. The van der Waals surface area contributed by atoms with Crippen molar-refractivity contribution in [1.29, 1.82) is 0 Å². The molecule has 1 heterocycles. The van der Waals surface area contributed by atoms with Crippen LogP contribution in [0.3, 0.4) is 0 Å². The molecule has 126 valence electrons. The Morgan fingerprint density at radius 1 is 1.39 bits per heavy atom. The van der Waals surface area contributed by atoms with Gasteiger partial charge in [-0.2, -0.15) is 0 Å². The van der Waals surface area contributed by atoms with Crippen LogP contribution in [0.2, 0.25) is 0 Å². The van der Waals surface area contributed by atoms with Gasteiger partial charge in [0.15, 0.2) is 0 Å². The summed E-state index contributed by atoms with van der Waals surface area (Å²) in [6, 6.07) is 6.91. The number of likely N-dealkylation sites (tertiary alicyclic amines) is 1. The van der Waals surface area contributed by atoms with Crippen LogP contribution >= 0.6 is 0 Å². The van der Waals surface area contributed by atoms with Gasteiger partial charge in [0.2, 0.25) is 11.8 Å². The van der Waals surface area contributed by atoms with Crippen LogP contribution in [0.4, 0.5) is 0 Å². The van der Waals surface area contributed by atoms with Gasteiger partial charge in [0.1, 0.15) is 11.4 Å². The van der Waals surface area contributed by atoms with E-state index in [9.17, 15) is 14.7 Å². The van der Waals surface area contributed by atoms with Crippen molar-refractivity contribution in [3.05, 3.63) is 29.8 Å². The Hall–Kier alpha value is -2.08. The van der Waals surface area contributed by atoms with Gasteiger partial charge < -0.3 is 20.1 Å². The Bertz CT molecular complexity index is 568. The SMILES string of the molecule is COc1ccc([C@@](C)(O)[C@@H]2CCCN2C(=O)CNC(C)=O)cc1. The van der Waals surface area contributed by atoms with Crippen molar-refractivity contribution in [3.8, 4) is 5.75 Å². The summed E-state index contributed by atoms with van der Waals surface area (Å²) in [5, 5.41) is 13.5. The molecule has 2 N–H and O–H groups in total. The normalized spacial score (nSPS) is 20.0. The number of nitrogens with zero attached hydrogens (tertiary/aromatic N) is 1. The van der Waals surface area contributed by atoms with Crippen molar-refractivity contribution in [1.82, 2.24) is 10.2 Å². The Labute approximate surface area is 136 Å². The van der Waals surface area contributed by atoms with E-state index in [0.717, 1.165) is 24.2 Å². The third kappa shape index (κ3) is 3.82. The van der Waals surface area contributed by atoms with E-state index < -0.39 is 5.60 Å². The van der Waals surface area contributed by atoms with Gasteiger partial charge in [0, 0.05) is 13.5 Å². The Balaban J connectivity index is 2.15. The van der Waals surface area contributed by atoms with E-state index in [-0.39, 0.29) is 24.4 Å². The smallest absolute Gasteiger partial charge is 0.242 e. The molecule has 1 saturated heterocycles. The minimum atomic E-state index is -1.16. The zero-order valence-electron chi connectivity index (χ0n) is 13.8.